The van der Waals surface area contributed by atoms with Gasteiger partial charge in [-0.2, -0.15) is 0 Å². The van der Waals surface area contributed by atoms with Crippen LogP contribution in [0.25, 0.3) is 0 Å². The lowest BCUT2D eigenvalue weighted by Crippen LogP contribution is -2.19. The standard InChI is InChI=1S/C9H14O2.C7H7/c1-2-9(10)11-8-6-4-3-5-7-8;1-7-5-3-2-4-6-7/h2,8H,1,3-7H2;3-6H,1H3. The van der Waals surface area contributed by atoms with Crippen molar-refractivity contribution < 1.29 is 9.53 Å². The van der Waals surface area contributed by atoms with Gasteiger partial charge in [0.15, 0.2) is 0 Å². The molecule has 2 heteroatoms. The zero-order chi connectivity index (χ0) is 13.2. The van der Waals surface area contributed by atoms with Crippen molar-refractivity contribution in [2.75, 3.05) is 0 Å². The average molecular weight is 245 g/mol. The maximum atomic E-state index is 10.7. The highest BCUT2D eigenvalue weighted by Gasteiger charge is 2.15. The Labute approximate surface area is 110 Å². The fourth-order valence-electron chi connectivity index (χ4n) is 1.87. The van der Waals surface area contributed by atoms with E-state index in [1.54, 1.807) is 0 Å². The van der Waals surface area contributed by atoms with E-state index in [-0.39, 0.29) is 12.1 Å². The van der Waals surface area contributed by atoms with Crippen LogP contribution in [0.3, 0.4) is 0 Å². The molecule has 1 radical (unpaired) electrons. The normalized spacial score (nSPS) is 15.2. The van der Waals surface area contributed by atoms with Crippen LogP contribution in [0.2, 0.25) is 0 Å². The second kappa shape index (κ2) is 8.51. The molecule has 18 heavy (non-hydrogen) atoms. The molecule has 0 amide bonds. The van der Waals surface area contributed by atoms with Crippen LogP contribution >= 0.6 is 0 Å². The molecule has 0 N–H and O–H groups in total. The summed E-state index contributed by atoms with van der Waals surface area (Å²) in [6.07, 6.45) is 7.11. The van der Waals surface area contributed by atoms with Gasteiger partial charge in [-0.3, -0.25) is 0 Å². The lowest BCUT2D eigenvalue weighted by Gasteiger charge is -2.20. The van der Waals surface area contributed by atoms with Gasteiger partial charge >= 0.3 is 5.97 Å². The quantitative estimate of drug-likeness (QED) is 0.584. The lowest BCUT2D eigenvalue weighted by atomic mass is 9.98. The Hall–Kier alpha value is -1.57. The van der Waals surface area contributed by atoms with Crippen molar-refractivity contribution in [2.24, 2.45) is 0 Å². The molecule has 1 aromatic carbocycles. The predicted molar refractivity (Wildman–Crippen MR) is 73.2 cm³/mol. The molecule has 0 aliphatic heterocycles. The van der Waals surface area contributed by atoms with Crippen LogP contribution in [-0.4, -0.2) is 12.1 Å². The number of hydrogen-bond donors (Lipinski definition) is 0. The summed E-state index contributed by atoms with van der Waals surface area (Å²) in [5.41, 5.74) is 1.29. The Bertz CT molecular complexity index is 351. The van der Waals surface area contributed by atoms with E-state index in [0.717, 1.165) is 12.8 Å². The van der Waals surface area contributed by atoms with Crippen LogP contribution in [-0.2, 0) is 9.53 Å². The van der Waals surface area contributed by atoms with E-state index in [1.807, 2.05) is 24.3 Å². The monoisotopic (exact) mass is 245 g/mol. The largest absolute Gasteiger partial charge is 0.459 e. The summed E-state index contributed by atoms with van der Waals surface area (Å²) in [6, 6.07) is 10.8. The molecule has 97 valence electrons. The zero-order valence-electron chi connectivity index (χ0n) is 11.0. The third-order valence-electron chi connectivity index (χ3n) is 2.89. The number of esters is 1. The van der Waals surface area contributed by atoms with Gasteiger partial charge in [0.05, 0.1) is 0 Å². The van der Waals surface area contributed by atoms with Gasteiger partial charge in [0.1, 0.15) is 6.10 Å². The summed E-state index contributed by atoms with van der Waals surface area (Å²) in [7, 11) is 0. The molecule has 0 bridgehead atoms. The first-order valence-electron chi connectivity index (χ1n) is 6.48. The average Bonchev–Trinajstić information content (AvgIpc) is 2.41. The first-order chi connectivity index (χ1) is 8.72. The fraction of sp³-hybridized carbons (Fsp3) is 0.438. The summed E-state index contributed by atoms with van der Waals surface area (Å²) in [4.78, 5) is 10.7. The molecule has 0 heterocycles. The number of aryl methyl sites for hydroxylation is 1. The van der Waals surface area contributed by atoms with Crippen molar-refractivity contribution in [1.29, 1.82) is 0 Å². The van der Waals surface area contributed by atoms with Crippen LogP contribution in [0, 0.1) is 13.0 Å². The Morgan fingerprint density at radius 1 is 1.33 bits per heavy atom. The molecule has 0 unspecified atom stereocenters. The molecule has 1 aliphatic carbocycles. The molecule has 1 aromatic rings. The van der Waals surface area contributed by atoms with E-state index in [1.165, 1.54) is 30.9 Å². The van der Waals surface area contributed by atoms with Crippen LogP contribution in [0.4, 0.5) is 0 Å². The number of ether oxygens (including phenoxy) is 1. The predicted octanol–water partition coefficient (Wildman–Crippen LogP) is 3.84. The van der Waals surface area contributed by atoms with Gasteiger partial charge < -0.3 is 4.74 Å². The van der Waals surface area contributed by atoms with Crippen molar-refractivity contribution in [3.63, 3.8) is 0 Å². The molecule has 0 aromatic heterocycles. The molecular weight excluding hydrogens is 224 g/mol. The van der Waals surface area contributed by atoms with Gasteiger partial charge in [-0.05, 0) is 38.7 Å². The van der Waals surface area contributed by atoms with Crippen LogP contribution < -0.4 is 0 Å². The van der Waals surface area contributed by atoms with E-state index in [2.05, 4.69) is 19.6 Å². The minimum absolute atomic E-state index is 0.161. The van der Waals surface area contributed by atoms with Crippen LogP contribution in [0.1, 0.15) is 37.7 Å². The Balaban J connectivity index is 0.000000199. The summed E-state index contributed by atoms with van der Waals surface area (Å²) in [6.45, 7) is 5.41. The highest BCUT2D eigenvalue weighted by atomic mass is 16.5. The number of hydrogen-bond acceptors (Lipinski definition) is 2. The first-order valence-corrected chi connectivity index (χ1v) is 6.48. The molecule has 1 saturated carbocycles. The highest BCUT2D eigenvalue weighted by molar-refractivity contribution is 5.81. The third-order valence-corrected chi connectivity index (χ3v) is 2.89. The number of rotatable bonds is 2. The van der Waals surface area contributed by atoms with Crippen LogP contribution in [0.5, 0.6) is 0 Å². The SMILES string of the molecule is C=CC(=O)OC1CCCCC1.Cc1cc[c]cc1. The van der Waals surface area contributed by atoms with Crippen molar-refractivity contribution in [3.05, 3.63) is 48.6 Å². The molecule has 0 atom stereocenters. The van der Waals surface area contributed by atoms with Crippen molar-refractivity contribution in [3.8, 4) is 0 Å². The first kappa shape index (κ1) is 14.5. The smallest absolute Gasteiger partial charge is 0.330 e. The summed E-state index contributed by atoms with van der Waals surface area (Å²) in [5.74, 6) is -0.281. The van der Waals surface area contributed by atoms with Gasteiger partial charge in [0.2, 0.25) is 0 Å². The minimum Gasteiger partial charge on any atom is -0.459 e. The second-order valence-electron chi connectivity index (χ2n) is 4.48. The molecule has 0 spiro atoms. The molecule has 0 saturated heterocycles. The Morgan fingerprint density at radius 2 is 1.94 bits per heavy atom. The second-order valence-corrected chi connectivity index (χ2v) is 4.48. The van der Waals surface area contributed by atoms with Crippen molar-refractivity contribution in [2.45, 2.75) is 45.1 Å². The number of carbonyl (C=O) groups is 1. The molecule has 1 fully saturated rings. The van der Waals surface area contributed by atoms with E-state index >= 15 is 0 Å². The van der Waals surface area contributed by atoms with Gasteiger partial charge in [-0.1, -0.05) is 42.8 Å². The van der Waals surface area contributed by atoms with Gasteiger partial charge in [-0.15, -0.1) is 0 Å². The van der Waals surface area contributed by atoms with E-state index in [4.69, 9.17) is 4.74 Å². The van der Waals surface area contributed by atoms with Crippen molar-refractivity contribution >= 4 is 5.97 Å². The third kappa shape index (κ3) is 6.24. The Kier molecular flexibility index (Phi) is 6.85. The highest BCUT2D eigenvalue weighted by Crippen LogP contribution is 2.20. The van der Waals surface area contributed by atoms with Gasteiger partial charge in [0, 0.05) is 6.08 Å². The molecule has 2 rings (SSSR count). The number of benzene rings is 1. The Morgan fingerprint density at radius 3 is 2.39 bits per heavy atom. The number of carbonyl (C=O) groups excluding carboxylic acids is 1. The summed E-state index contributed by atoms with van der Waals surface area (Å²) in [5, 5.41) is 0. The lowest BCUT2D eigenvalue weighted by molar-refractivity contribution is -0.144. The molecule has 1 aliphatic rings. The fourth-order valence-corrected chi connectivity index (χ4v) is 1.87. The van der Waals surface area contributed by atoms with E-state index in [9.17, 15) is 4.79 Å². The molecule has 2 nitrogen and oxygen atoms in total. The minimum atomic E-state index is -0.281. The van der Waals surface area contributed by atoms with E-state index < -0.39 is 0 Å². The maximum Gasteiger partial charge on any atom is 0.330 e. The summed E-state index contributed by atoms with van der Waals surface area (Å²) >= 11 is 0. The van der Waals surface area contributed by atoms with Crippen molar-refractivity contribution in [1.82, 2.24) is 0 Å². The zero-order valence-corrected chi connectivity index (χ0v) is 11.0. The topological polar surface area (TPSA) is 26.3 Å². The molecular formula is C16H21O2. The summed E-state index contributed by atoms with van der Waals surface area (Å²) < 4.78 is 5.08. The van der Waals surface area contributed by atoms with Gasteiger partial charge in [-0.25, -0.2) is 4.79 Å². The van der Waals surface area contributed by atoms with Gasteiger partial charge in [0.25, 0.3) is 0 Å². The van der Waals surface area contributed by atoms with E-state index in [0.29, 0.717) is 0 Å². The maximum absolute atomic E-state index is 10.7. The van der Waals surface area contributed by atoms with Crippen LogP contribution in [0.15, 0.2) is 36.9 Å².